The van der Waals surface area contributed by atoms with Crippen molar-refractivity contribution in [3.63, 3.8) is 0 Å². The van der Waals surface area contributed by atoms with Gasteiger partial charge in [0.2, 0.25) is 0 Å². The number of aryl methyl sites for hydroxylation is 1. The van der Waals surface area contributed by atoms with Crippen molar-refractivity contribution in [3.8, 4) is 12.3 Å². The minimum absolute atomic E-state index is 0.149. The molecule has 1 saturated heterocycles. The largest absolute Gasteiger partial charge is 0.336 e. The van der Waals surface area contributed by atoms with Crippen molar-refractivity contribution in [2.75, 3.05) is 39.0 Å². The summed E-state index contributed by atoms with van der Waals surface area (Å²) >= 11 is 1.63. The van der Waals surface area contributed by atoms with Gasteiger partial charge in [-0.1, -0.05) is 6.07 Å². The summed E-state index contributed by atoms with van der Waals surface area (Å²) < 4.78 is 0. The number of rotatable bonds is 4. The average Bonchev–Trinajstić information content (AvgIpc) is 2.52. The summed E-state index contributed by atoms with van der Waals surface area (Å²) in [5, 5.41) is 0. The lowest BCUT2D eigenvalue weighted by molar-refractivity contribution is 0.0636. The molecule has 1 amide bonds. The third-order valence-corrected chi connectivity index (χ3v) is 4.60. The smallest absolute Gasteiger partial charge is 0.255 e. The molecule has 4 heteroatoms. The van der Waals surface area contributed by atoms with Crippen molar-refractivity contribution in [3.05, 3.63) is 29.3 Å². The van der Waals surface area contributed by atoms with E-state index in [1.807, 2.05) is 23.3 Å². The van der Waals surface area contributed by atoms with Crippen molar-refractivity contribution in [1.82, 2.24) is 9.80 Å². The summed E-state index contributed by atoms with van der Waals surface area (Å²) in [5.41, 5.74) is 2.01. The molecule has 1 aliphatic heterocycles. The first-order valence-electron chi connectivity index (χ1n) is 7.25. The summed E-state index contributed by atoms with van der Waals surface area (Å²) in [6.45, 7) is 6.37. The Kier molecular flexibility index (Phi) is 5.72. The Labute approximate surface area is 131 Å². The molecule has 1 heterocycles. The minimum Gasteiger partial charge on any atom is -0.336 e. The van der Waals surface area contributed by atoms with Crippen molar-refractivity contribution >= 4 is 17.7 Å². The Balaban J connectivity index is 2.01. The van der Waals surface area contributed by atoms with Gasteiger partial charge in [-0.15, -0.1) is 24.1 Å². The van der Waals surface area contributed by atoms with Gasteiger partial charge < -0.3 is 4.90 Å². The van der Waals surface area contributed by atoms with E-state index in [1.165, 1.54) is 5.56 Å². The SMILES string of the molecule is C#CCCN1CCN(C(=O)c2ccc(C)cc2SC)CC1. The monoisotopic (exact) mass is 302 g/mol. The summed E-state index contributed by atoms with van der Waals surface area (Å²) in [5.74, 6) is 2.82. The van der Waals surface area contributed by atoms with Crippen LogP contribution in [0.15, 0.2) is 23.1 Å². The first-order valence-corrected chi connectivity index (χ1v) is 8.48. The van der Waals surface area contributed by atoms with Crippen molar-refractivity contribution in [2.45, 2.75) is 18.2 Å². The van der Waals surface area contributed by atoms with Crippen LogP contribution < -0.4 is 0 Å². The van der Waals surface area contributed by atoms with Crippen molar-refractivity contribution in [2.24, 2.45) is 0 Å². The zero-order valence-electron chi connectivity index (χ0n) is 12.8. The van der Waals surface area contributed by atoms with Crippen LogP contribution in [0.3, 0.4) is 0 Å². The Morgan fingerprint density at radius 2 is 2.05 bits per heavy atom. The van der Waals surface area contributed by atoms with Gasteiger partial charge in [0.25, 0.3) is 5.91 Å². The molecule has 0 N–H and O–H groups in total. The highest BCUT2D eigenvalue weighted by Crippen LogP contribution is 2.23. The lowest BCUT2D eigenvalue weighted by atomic mass is 10.1. The van der Waals surface area contributed by atoms with E-state index in [0.29, 0.717) is 0 Å². The van der Waals surface area contributed by atoms with Gasteiger partial charge in [0, 0.05) is 44.0 Å². The number of piperazine rings is 1. The van der Waals surface area contributed by atoms with Crippen LogP contribution in [0.2, 0.25) is 0 Å². The van der Waals surface area contributed by atoms with Gasteiger partial charge in [0.15, 0.2) is 0 Å². The molecule has 21 heavy (non-hydrogen) atoms. The highest BCUT2D eigenvalue weighted by molar-refractivity contribution is 7.98. The number of thioether (sulfide) groups is 1. The average molecular weight is 302 g/mol. The molecule has 0 bridgehead atoms. The highest BCUT2D eigenvalue weighted by Gasteiger charge is 2.23. The standard InChI is InChI=1S/C17H22N2OS/c1-4-5-8-18-9-11-19(12-10-18)17(20)15-7-6-14(2)13-16(15)21-3/h1,6-7,13H,5,8-12H2,2-3H3. The molecular weight excluding hydrogens is 280 g/mol. The molecule has 3 nitrogen and oxygen atoms in total. The van der Waals surface area contributed by atoms with E-state index >= 15 is 0 Å². The number of hydrogen-bond acceptors (Lipinski definition) is 3. The highest BCUT2D eigenvalue weighted by atomic mass is 32.2. The van der Waals surface area contributed by atoms with E-state index in [4.69, 9.17) is 6.42 Å². The fraction of sp³-hybridized carbons (Fsp3) is 0.471. The van der Waals surface area contributed by atoms with Crippen molar-refractivity contribution in [1.29, 1.82) is 0 Å². The number of carbonyl (C=O) groups excluding carboxylic acids is 1. The van der Waals surface area contributed by atoms with E-state index in [-0.39, 0.29) is 5.91 Å². The molecular formula is C17H22N2OS. The van der Waals surface area contributed by atoms with Gasteiger partial charge in [-0.05, 0) is 30.9 Å². The summed E-state index contributed by atoms with van der Waals surface area (Å²) in [6, 6.07) is 6.05. The normalized spacial score (nSPS) is 15.8. The zero-order chi connectivity index (χ0) is 15.2. The van der Waals surface area contributed by atoms with Gasteiger partial charge in [0.05, 0.1) is 5.56 Å². The number of carbonyl (C=O) groups is 1. The van der Waals surface area contributed by atoms with Crippen LogP contribution in [-0.2, 0) is 0 Å². The Bertz CT molecular complexity index is 542. The first-order chi connectivity index (χ1) is 10.2. The van der Waals surface area contributed by atoms with E-state index in [9.17, 15) is 4.79 Å². The summed E-state index contributed by atoms with van der Waals surface area (Å²) in [6.07, 6.45) is 8.10. The number of hydrogen-bond donors (Lipinski definition) is 0. The van der Waals surface area contributed by atoms with Crippen LogP contribution in [0, 0.1) is 19.3 Å². The third-order valence-electron chi connectivity index (χ3n) is 3.82. The fourth-order valence-corrected chi connectivity index (χ4v) is 3.22. The number of nitrogens with zero attached hydrogens (tertiary/aromatic N) is 2. The molecule has 0 aromatic heterocycles. The summed E-state index contributed by atoms with van der Waals surface area (Å²) in [7, 11) is 0. The maximum atomic E-state index is 12.7. The van der Waals surface area contributed by atoms with Gasteiger partial charge >= 0.3 is 0 Å². The van der Waals surface area contributed by atoms with Gasteiger partial charge in [-0.2, -0.15) is 0 Å². The molecule has 0 radical (unpaired) electrons. The lowest BCUT2D eigenvalue weighted by Crippen LogP contribution is -2.48. The summed E-state index contributed by atoms with van der Waals surface area (Å²) in [4.78, 5) is 18.0. The zero-order valence-corrected chi connectivity index (χ0v) is 13.6. The Morgan fingerprint density at radius 1 is 1.33 bits per heavy atom. The Hall–Kier alpha value is -1.44. The van der Waals surface area contributed by atoms with Gasteiger partial charge in [0.1, 0.15) is 0 Å². The first kappa shape index (κ1) is 15.9. The molecule has 0 aliphatic carbocycles. The van der Waals surface area contributed by atoms with E-state index in [2.05, 4.69) is 23.8 Å². The van der Waals surface area contributed by atoms with Crippen LogP contribution in [0.25, 0.3) is 0 Å². The van der Waals surface area contributed by atoms with E-state index in [1.54, 1.807) is 11.8 Å². The quantitative estimate of drug-likeness (QED) is 0.631. The molecule has 1 aliphatic rings. The van der Waals surface area contributed by atoms with Gasteiger partial charge in [-0.25, -0.2) is 0 Å². The molecule has 0 atom stereocenters. The topological polar surface area (TPSA) is 23.6 Å². The van der Waals surface area contributed by atoms with Crippen LogP contribution in [-0.4, -0.2) is 54.7 Å². The second-order valence-electron chi connectivity index (χ2n) is 5.29. The van der Waals surface area contributed by atoms with Crippen LogP contribution >= 0.6 is 11.8 Å². The molecule has 0 saturated carbocycles. The number of terminal acetylenes is 1. The predicted octanol–water partition coefficient (Wildman–Crippen LogP) is 2.50. The van der Waals surface area contributed by atoms with Gasteiger partial charge in [-0.3, -0.25) is 9.69 Å². The van der Waals surface area contributed by atoms with E-state index in [0.717, 1.165) is 49.6 Å². The molecule has 0 spiro atoms. The number of benzene rings is 1. The predicted molar refractivity (Wildman–Crippen MR) is 88.8 cm³/mol. The molecule has 1 aromatic carbocycles. The molecule has 2 rings (SSSR count). The van der Waals surface area contributed by atoms with Crippen LogP contribution in [0.1, 0.15) is 22.3 Å². The fourth-order valence-electron chi connectivity index (χ4n) is 2.54. The Morgan fingerprint density at radius 3 is 2.67 bits per heavy atom. The maximum Gasteiger partial charge on any atom is 0.255 e. The maximum absolute atomic E-state index is 12.7. The second kappa shape index (κ2) is 7.53. The van der Waals surface area contributed by atoms with Crippen LogP contribution in [0.5, 0.6) is 0 Å². The number of amides is 1. The molecule has 112 valence electrons. The van der Waals surface area contributed by atoms with Crippen molar-refractivity contribution < 1.29 is 4.79 Å². The molecule has 1 fully saturated rings. The molecule has 0 unspecified atom stereocenters. The second-order valence-corrected chi connectivity index (χ2v) is 6.14. The third kappa shape index (κ3) is 4.03. The van der Waals surface area contributed by atoms with E-state index < -0.39 is 0 Å². The molecule has 1 aromatic rings. The lowest BCUT2D eigenvalue weighted by Gasteiger charge is -2.34. The van der Waals surface area contributed by atoms with Crippen LogP contribution in [0.4, 0.5) is 0 Å². The minimum atomic E-state index is 0.149.